The molecule has 0 radical (unpaired) electrons. The Morgan fingerprint density at radius 2 is 1.34 bits per heavy atom. The lowest BCUT2D eigenvalue weighted by atomic mass is 9.83. The smallest absolute Gasteiger partial charge is 0.411 e. The Labute approximate surface area is 294 Å². The standard InChI is InChI=1S/C40H48N6O4/c1-39(2,3)49-37(47)45-17-7-8-33(45)35-41-21-31(43-35)25-12-15-29-23(18-25)9-10-24-19-26(13-16-30(24)29)32-22-42-36(44-32)34-27-11-14-28(20-27)46(34)38(48)50-40(4,5)6/h12-13,15-16,18-19,21-22,27-28,33-34H,7-11,14,17,20H2,1-6H3,(H,41,43)(H,42,44)/t27?,28?,33-,34?/m0/s1. The van der Waals surface area contributed by atoms with E-state index in [1.165, 1.54) is 22.3 Å². The number of nitrogens with one attached hydrogen (secondary N) is 2. The molecule has 3 unspecified atom stereocenters. The molecule has 3 fully saturated rings. The predicted octanol–water partition coefficient (Wildman–Crippen LogP) is 8.76. The van der Waals surface area contributed by atoms with Gasteiger partial charge in [0.15, 0.2) is 0 Å². The summed E-state index contributed by atoms with van der Waals surface area (Å²) < 4.78 is 11.5. The monoisotopic (exact) mass is 676 g/mol. The van der Waals surface area contributed by atoms with Gasteiger partial charge in [-0.2, -0.15) is 0 Å². The Bertz CT molecular complexity index is 1950. The number of H-pyrrole nitrogens is 2. The number of imidazole rings is 2. The SMILES string of the molecule is CC(C)(C)OC(=O)N1C2CCC(C2)C1c1ncc(-c2ccc3c(c2)CCc2cc(-c4cnc([C@@H]5CCCN5C(=O)OC(C)(C)C)[nH]4)ccc2-3)[nH]1. The zero-order valence-electron chi connectivity index (χ0n) is 30.0. The van der Waals surface area contributed by atoms with Crippen molar-refractivity contribution in [3.8, 4) is 33.6 Å². The van der Waals surface area contributed by atoms with Gasteiger partial charge in [0.05, 0.1) is 35.9 Å². The maximum absolute atomic E-state index is 13.2. The molecule has 2 saturated heterocycles. The van der Waals surface area contributed by atoms with Crippen molar-refractivity contribution >= 4 is 12.2 Å². The largest absolute Gasteiger partial charge is 0.444 e. The number of carbonyl (C=O) groups is 2. The first kappa shape index (κ1) is 32.6. The summed E-state index contributed by atoms with van der Waals surface area (Å²) in [6.07, 6.45) is 10.1. The molecule has 2 aromatic heterocycles. The van der Waals surface area contributed by atoms with Gasteiger partial charge in [0, 0.05) is 12.6 Å². The van der Waals surface area contributed by atoms with Crippen molar-refractivity contribution in [2.24, 2.45) is 5.92 Å². The fourth-order valence-corrected chi connectivity index (χ4v) is 8.52. The lowest BCUT2D eigenvalue weighted by molar-refractivity contribution is 0.00613. The number of piperidine rings is 1. The van der Waals surface area contributed by atoms with E-state index in [1.807, 2.05) is 58.8 Å². The minimum atomic E-state index is -0.536. The van der Waals surface area contributed by atoms with E-state index in [2.05, 4.69) is 46.4 Å². The number of aryl methyl sites for hydroxylation is 2. The number of hydrogen-bond donors (Lipinski definition) is 2. The summed E-state index contributed by atoms with van der Waals surface area (Å²) in [6, 6.07) is 13.4. The number of rotatable bonds is 4. The molecule has 262 valence electrons. The minimum absolute atomic E-state index is 0.0796. The first-order valence-electron chi connectivity index (χ1n) is 18.2. The van der Waals surface area contributed by atoms with E-state index in [1.54, 1.807) is 4.90 Å². The number of hydrogen-bond acceptors (Lipinski definition) is 6. The van der Waals surface area contributed by atoms with Crippen molar-refractivity contribution in [1.82, 2.24) is 29.7 Å². The molecule has 2 amide bonds. The summed E-state index contributed by atoms with van der Waals surface area (Å²) in [5, 5.41) is 0. The molecular weight excluding hydrogens is 628 g/mol. The van der Waals surface area contributed by atoms with Gasteiger partial charge in [0.1, 0.15) is 22.9 Å². The topological polar surface area (TPSA) is 116 Å². The minimum Gasteiger partial charge on any atom is -0.444 e. The van der Waals surface area contributed by atoms with Crippen LogP contribution in [0.4, 0.5) is 9.59 Å². The van der Waals surface area contributed by atoms with Crippen molar-refractivity contribution < 1.29 is 19.1 Å². The molecule has 4 aromatic rings. The predicted molar refractivity (Wildman–Crippen MR) is 191 cm³/mol. The third kappa shape index (κ3) is 6.07. The van der Waals surface area contributed by atoms with Crippen LogP contribution in [0.25, 0.3) is 33.6 Å². The normalized spacial score (nSPS) is 22.8. The van der Waals surface area contributed by atoms with Crippen LogP contribution < -0.4 is 0 Å². The average Bonchev–Trinajstić information content (AvgIpc) is 3.90. The lowest BCUT2D eigenvalue weighted by Crippen LogP contribution is -2.43. The van der Waals surface area contributed by atoms with Gasteiger partial charge < -0.3 is 19.4 Å². The molecule has 1 saturated carbocycles. The Hall–Kier alpha value is -4.60. The molecule has 8 rings (SSSR count). The highest BCUT2D eigenvalue weighted by Crippen LogP contribution is 2.50. The Morgan fingerprint density at radius 1 is 0.760 bits per heavy atom. The first-order chi connectivity index (χ1) is 23.8. The number of benzene rings is 2. The second-order valence-corrected chi connectivity index (χ2v) is 16.5. The average molecular weight is 677 g/mol. The molecule has 2 bridgehead atoms. The van der Waals surface area contributed by atoms with E-state index in [9.17, 15) is 9.59 Å². The van der Waals surface area contributed by atoms with Crippen molar-refractivity contribution in [2.45, 2.75) is 116 Å². The van der Waals surface area contributed by atoms with Crippen molar-refractivity contribution in [1.29, 1.82) is 0 Å². The van der Waals surface area contributed by atoms with Gasteiger partial charge in [0.2, 0.25) is 0 Å². The van der Waals surface area contributed by atoms with E-state index in [0.717, 1.165) is 79.1 Å². The van der Waals surface area contributed by atoms with Crippen molar-refractivity contribution in [3.63, 3.8) is 0 Å². The maximum atomic E-state index is 13.2. The molecule has 4 atom stereocenters. The summed E-state index contributed by atoms with van der Waals surface area (Å²) in [6.45, 7) is 12.1. The summed E-state index contributed by atoms with van der Waals surface area (Å²) in [7, 11) is 0. The third-order valence-corrected chi connectivity index (χ3v) is 10.6. The van der Waals surface area contributed by atoms with Gasteiger partial charge in [-0.05, 0) is 138 Å². The van der Waals surface area contributed by atoms with Crippen LogP contribution in [-0.2, 0) is 22.3 Å². The molecule has 50 heavy (non-hydrogen) atoms. The second kappa shape index (κ2) is 12.0. The zero-order valence-corrected chi connectivity index (χ0v) is 30.0. The highest BCUT2D eigenvalue weighted by atomic mass is 16.6. The Balaban J connectivity index is 0.996. The van der Waals surface area contributed by atoms with Crippen LogP contribution in [0.2, 0.25) is 0 Å². The van der Waals surface area contributed by atoms with Gasteiger partial charge in [0.25, 0.3) is 0 Å². The third-order valence-electron chi connectivity index (χ3n) is 10.6. The molecule has 2 N–H and O–H groups in total. The van der Waals surface area contributed by atoms with Crippen LogP contribution in [0.5, 0.6) is 0 Å². The number of nitrogens with zero attached hydrogens (tertiary/aromatic N) is 4. The van der Waals surface area contributed by atoms with Crippen LogP contribution in [-0.4, -0.2) is 65.7 Å². The van der Waals surface area contributed by atoms with Crippen molar-refractivity contribution in [2.75, 3.05) is 6.54 Å². The van der Waals surface area contributed by atoms with E-state index in [0.29, 0.717) is 12.5 Å². The highest BCUT2D eigenvalue weighted by molar-refractivity contribution is 5.79. The molecule has 10 nitrogen and oxygen atoms in total. The Morgan fingerprint density at radius 3 is 1.96 bits per heavy atom. The first-order valence-corrected chi connectivity index (χ1v) is 18.2. The molecular formula is C40H48N6O4. The van der Waals surface area contributed by atoms with Crippen LogP contribution in [0, 0.1) is 5.92 Å². The zero-order chi connectivity index (χ0) is 34.9. The number of amides is 2. The van der Waals surface area contributed by atoms with Gasteiger partial charge in [-0.15, -0.1) is 0 Å². The van der Waals surface area contributed by atoms with E-state index in [-0.39, 0.29) is 30.3 Å². The van der Waals surface area contributed by atoms with Crippen LogP contribution >= 0.6 is 0 Å². The van der Waals surface area contributed by atoms with Crippen molar-refractivity contribution in [3.05, 3.63) is 71.6 Å². The molecule has 4 heterocycles. The summed E-state index contributed by atoms with van der Waals surface area (Å²) >= 11 is 0. The van der Waals surface area contributed by atoms with E-state index >= 15 is 0 Å². The number of ether oxygens (including phenoxy) is 2. The summed E-state index contributed by atoms with van der Waals surface area (Å²) in [5.74, 6) is 2.06. The molecule has 2 aliphatic heterocycles. The van der Waals surface area contributed by atoms with E-state index in [4.69, 9.17) is 19.4 Å². The number of aromatic nitrogens is 4. The van der Waals surface area contributed by atoms with Gasteiger partial charge in [-0.25, -0.2) is 19.6 Å². The molecule has 2 aliphatic carbocycles. The Kier molecular flexibility index (Phi) is 7.84. The number of fused-ring (bicyclic) bond motifs is 5. The van der Waals surface area contributed by atoms with Crippen LogP contribution in [0.15, 0.2) is 48.8 Å². The quantitative estimate of drug-likeness (QED) is 0.223. The van der Waals surface area contributed by atoms with Crippen LogP contribution in [0.3, 0.4) is 0 Å². The molecule has 0 spiro atoms. The number of likely N-dealkylation sites (tertiary alicyclic amines) is 2. The fourth-order valence-electron chi connectivity index (χ4n) is 8.52. The second-order valence-electron chi connectivity index (χ2n) is 16.5. The lowest BCUT2D eigenvalue weighted by Gasteiger charge is -2.35. The highest BCUT2D eigenvalue weighted by Gasteiger charge is 2.51. The van der Waals surface area contributed by atoms with Gasteiger partial charge >= 0.3 is 12.2 Å². The van der Waals surface area contributed by atoms with Crippen LogP contribution in [0.1, 0.15) is 109 Å². The molecule has 4 aliphatic rings. The number of aromatic amines is 2. The van der Waals surface area contributed by atoms with Gasteiger partial charge in [-0.3, -0.25) is 9.80 Å². The number of carbonyl (C=O) groups excluding carboxylic acids is 2. The molecule has 10 heteroatoms. The summed E-state index contributed by atoms with van der Waals surface area (Å²) in [5.41, 5.74) is 8.21. The molecule has 2 aromatic carbocycles. The summed E-state index contributed by atoms with van der Waals surface area (Å²) in [4.78, 5) is 46.5. The van der Waals surface area contributed by atoms with Gasteiger partial charge in [-0.1, -0.05) is 24.3 Å². The fraction of sp³-hybridized carbons (Fsp3) is 0.500. The van der Waals surface area contributed by atoms with E-state index < -0.39 is 11.2 Å². The maximum Gasteiger partial charge on any atom is 0.411 e.